The minimum Gasteiger partial charge on any atom is -0.356 e. The molecule has 1 aromatic carbocycles. The zero-order valence-corrected chi connectivity index (χ0v) is 15.9. The number of nitrogens with one attached hydrogen (secondary N) is 2. The zero-order valence-electron chi connectivity index (χ0n) is 15.1. The second-order valence-electron chi connectivity index (χ2n) is 6.78. The van der Waals surface area contributed by atoms with Crippen LogP contribution < -0.4 is 10.6 Å². The Hall–Kier alpha value is -1.63. The second-order valence-corrected chi connectivity index (χ2v) is 9.04. The van der Waals surface area contributed by atoms with Crippen LogP contribution in [0.1, 0.15) is 32.8 Å². The molecule has 0 bridgehead atoms. The first-order valence-corrected chi connectivity index (χ1v) is 10.0. The Kier molecular flexibility index (Phi) is 7.20. The van der Waals surface area contributed by atoms with Gasteiger partial charge in [-0.2, -0.15) is 0 Å². The number of aliphatic imine (C=N–C) groups is 1. The van der Waals surface area contributed by atoms with Gasteiger partial charge in [-0.05, 0) is 31.0 Å². The maximum atomic E-state index is 13.4. The minimum absolute atomic E-state index is 0.0248. The predicted octanol–water partition coefficient (Wildman–Crippen LogP) is 2.09. The average molecular weight is 357 g/mol. The van der Waals surface area contributed by atoms with Crippen molar-refractivity contribution in [3.05, 3.63) is 35.6 Å². The van der Waals surface area contributed by atoms with Gasteiger partial charge in [0.2, 0.25) is 0 Å². The first kappa shape index (κ1) is 20.4. The standard InChI is InChI=1S/C17H28FN3O2S/c1-13(9-10-24(5,22)23)21-16(19-4)20-12-17(2,3)14-7-6-8-15(18)11-14/h6-8,11,13H,9-10,12H2,1-5H3,(H2,19,20,21). The van der Waals surface area contributed by atoms with E-state index in [1.807, 2.05) is 26.8 Å². The van der Waals surface area contributed by atoms with Crippen molar-refractivity contribution in [1.82, 2.24) is 10.6 Å². The smallest absolute Gasteiger partial charge is 0.191 e. The molecule has 0 radical (unpaired) electrons. The van der Waals surface area contributed by atoms with Crippen LogP contribution in [0, 0.1) is 5.82 Å². The maximum absolute atomic E-state index is 13.4. The molecule has 2 N–H and O–H groups in total. The molecule has 0 spiro atoms. The van der Waals surface area contributed by atoms with E-state index < -0.39 is 9.84 Å². The van der Waals surface area contributed by atoms with Crippen LogP contribution in [-0.2, 0) is 15.3 Å². The predicted molar refractivity (Wildman–Crippen MR) is 97.7 cm³/mol. The summed E-state index contributed by atoms with van der Waals surface area (Å²) in [4.78, 5) is 4.16. The van der Waals surface area contributed by atoms with E-state index in [2.05, 4.69) is 15.6 Å². The molecule has 0 aliphatic carbocycles. The summed E-state index contributed by atoms with van der Waals surface area (Å²) >= 11 is 0. The fourth-order valence-electron chi connectivity index (χ4n) is 2.21. The molecule has 0 saturated carbocycles. The van der Waals surface area contributed by atoms with Crippen LogP contribution in [0.4, 0.5) is 4.39 Å². The number of guanidine groups is 1. The number of benzene rings is 1. The lowest BCUT2D eigenvalue weighted by Crippen LogP contribution is -2.46. The summed E-state index contributed by atoms with van der Waals surface area (Å²) in [6, 6.07) is 6.54. The third-order valence-corrected chi connectivity index (χ3v) is 4.81. The van der Waals surface area contributed by atoms with Crippen LogP contribution in [0.5, 0.6) is 0 Å². The van der Waals surface area contributed by atoms with Crippen LogP contribution >= 0.6 is 0 Å². The molecule has 0 fully saturated rings. The Morgan fingerprint density at radius 2 is 2.04 bits per heavy atom. The molecular formula is C17H28FN3O2S. The van der Waals surface area contributed by atoms with Crippen molar-refractivity contribution in [3.63, 3.8) is 0 Å². The highest BCUT2D eigenvalue weighted by Crippen LogP contribution is 2.22. The first-order chi connectivity index (χ1) is 11.0. The SMILES string of the molecule is CN=C(NCC(C)(C)c1cccc(F)c1)NC(C)CCS(C)(=O)=O. The maximum Gasteiger partial charge on any atom is 0.191 e. The van der Waals surface area contributed by atoms with E-state index in [0.29, 0.717) is 18.9 Å². The van der Waals surface area contributed by atoms with Gasteiger partial charge < -0.3 is 10.6 Å². The lowest BCUT2D eigenvalue weighted by Gasteiger charge is -2.27. The molecular weight excluding hydrogens is 329 g/mol. The van der Waals surface area contributed by atoms with Crippen LogP contribution in [-0.4, -0.2) is 46.0 Å². The van der Waals surface area contributed by atoms with Crippen molar-refractivity contribution in [2.45, 2.75) is 38.6 Å². The van der Waals surface area contributed by atoms with Crippen LogP contribution in [0.15, 0.2) is 29.3 Å². The number of hydrogen-bond donors (Lipinski definition) is 2. The van der Waals surface area contributed by atoms with E-state index >= 15 is 0 Å². The number of sulfone groups is 1. The monoisotopic (exact) mass is 357 g/mol. The highest BCUT2D eigenvalue weighted by molar-refractivity contribution is 7.90. The Balaban J connectivity index is 2.60. The van der Waals surface area contributed by atoms with Crippen molar-refractivity contribution < 1.29 is 12.8 Å². The largest absolute Gasteiger partial charge is 0.356 e. The molecule has 0 amide bonds. The quantitative estimate of drug-likeness (QED) is 0.579. The summed E-state index contributed by atoms with van der Waals surface area (Å²) in [5.74, 6) is 0.477. The lowest BCUT2D eigenvalue weighted by atomic mass is 9.84. The molecule has 0 saturated heterocycles. The van der Waals surface area contributed by atoms with Gasteiger partial charge in [-0.1, -0.05) is 26.0 Å². The molecule has 0 aliphatic heterocycles. The molecule has 1 aromatic rings. The summed E-state index contributed by atoms with van der Waals surface area (Å²) in [7, 11) is -1.31. The van der Waals surface area contributed by atoms with Gasteiger partial charge in [0.1, 0.15) is 15.7 Å². The fourth-order valence-corrected chi connectivity index (χ4v) is 2.99. The summed E-state index contributed by atoms with van der Waals surface area (Å²) in [6.07, 6.45) is 1.74. The normalized spacial score (nSPS) is 14.3. The van der Waals surface area contributed by atoms with Gasteiger partial charge in [-0.15, -0.1) is 0 Å². The van der Waals surface area contributed by atoms with E-state index in [4.69, 9.17) is 0 Å². The van der Waals surface area contributed by atoms with E-state index in [9.17, 15) is 12.8 Å². The molecule has 1 atom stereocenters. The number of hydrogen-bond acceptors (Lipinski definition) is 3. The summed E-state index contributed by atoms with van der Waals surface area (Å²) in [5.41, 5.74) is 0.617. The Bertz CT molecular complexity index is 672. The summed E-state index contributed by atoms with van der Waals surface area (Å²) < 4.78 is 35.9. The summed E-state index contributed by atoms with van der Waals surface area (Å²) in [5, 5.41) is 6.40. The van der Waals surface area contributed by atoms with Crippen molar-refractivity contribution in [2.75, 3.05) is 25.6 Å². The fraction of sp³-hybridized carbons (Fsp3) is 0.588. The molecule has 1 rings (SSSR count). The van der Waals surface area contributed by atoms with Crippen molar-refractivity contribution in [1.29, 1.82) is 0 Å². The average Bonchev–Trinajstić information content (AvgIpc) is 2.48. The highest BCUT2D eigenvalue weighted by Gasteiger charge is 2.21. The molecule has 1 unspecified atom stereocenters. The third-order valence-electron chi connectivity index (χ3n) is 3.83. The van der Waals surface area contributed by atoms with E-state index in [1.165, 1.54) is 18.4 Å². The van der Waals surface area contributed by atoms with E-state index in [0.717, 1.165) is 5.56 Å². The molecule has 0 aliphatic rings. The first-order valence-electron chi connectivity index (χ1n) is 7.94. The van der Waals surface area contributed by atoms with Crippen LogP contribution in [0.25, 0.3) is 0 Å². The van der Waals surface area contributed by atoms with Gasteiger partial charge in [-0.25, -0.2) is 12.8 Å². The van der Waals surface area contributed by atoms with Crippen molar-refractivity contribution in [2.24, 2.45) is 4.99 Å². The minimum atomic E-state index is -2.97. The lowest BCUT2D eigenvalue weighted by molar-refractivity contribution is 0.499. The number of nitrogens with zero attached hydrogens (tertiary/aromatic N) is 1. The van der Waals surface area contributed by atoms with Gasteiger partial charge in [-0.3, -0.25) is 4.99 Å². The molecule has 0 heterocycles. The third kappa shape index (κ3) is 7.29. The molecule has 5 nitrogen and oxygen atoms in total. The van der Waals surface area contributed by atoms with Crippen LogP contribution in [0.3, 0.4) is 0 Å². The van der Waals surface area contributed by atoms with E-state index in [1.54, 1.807) is 13.1 Å². The highest BCUT2D eigenvalue weighted by atomic mass is 32.2. The molecule has 136 valence electrons. The van der Waals surface area contributed by atoms with Crippen LogP contribution in [0.2, 0.25) is 0 Å². The molecule has 24 heavy (non-hydrogen) atoms. The van der Waals surface area contributed by atoms with Gasteiger partial charge in [0, 0.05) is 31.3 Å². The van der Waals surface area contributed by atoms with Gasteiger partial charge >= 0.3 is 0 Å². The van der Waals surface area contributed by atoms with Gasteiger partial charge in [0.15, 0.2) is 5.96 Å². The molecule has 7 heteroatoms. The Labute approximate surface area is 144 Å². The summed E-state index contributed by atoms with van der Waals surface area (Å²) in [6.45, 7) is 6.52. The topological polar surface area (TPSA) is 70.6 Å². The van der Waals surface area contributed by atoms with Crippen molar-refractivity contribution >= 4 is 15.8 Å². The number of halogens is 1. The zero-order chi connectivity index (χ0) is 18.4. The Morgan fingerprint density at radius 3 is 2.58 bits per heavy atom. The van der Waals surface area contributed by atoms with Crippen molar-refractivity contribution in [3.8, 4) is 0 Å². The van der Waals surface area contributed by atoms with Gasteiger partial charge in [0.25, 0.3) is 0 Å². The number of rotatable bonds is 7. The second kappa shape index (κ2) is 8.46. The molecule has 0 aromatic heterocycles. The van der Waals surface area contributed by atoms with Gasteiger partial charge in [0.05, 0.1) is 5.75 Å². The Morgan fingerprint density at radius 1 is 1.38 bits per heavy atom. The van der Waals surface area contributed by atoms with E-state index in [-0.39, 0.29) is 23.0 Å².